The molecule has 0 aliphatic heterocycles. The Morgan fingerprint density at radius 1 is 1.22 bits per heavy atom. The van der Waals surface area contributed by atoms with Crippen LogP contribution in [0.4, 0.5) is 23.7 Å². The molecule has 0 atom stereocenters. The lowest BCUT2D eigenvalue weighted by Crippen LogP contribution is -2.46. The lowest BCUT2D eigenvalue weighted by atomic mass is 9.88. The van der Waals surface area contributed by atoms with Gasteiger partial charge in [0.2, 0.25) is 0 Å². The maximum absolute atomic E-state index is 12.9. The molecule has 0 aromatic heterocycles. The number of hydrogen-bond acceptors (Lipinski definition) is 4. The molecule has 0 spiro atoms. The van der Waals surface area contributed by atoms with Crippen molar-refractivity contribution in [2.45, 2.75) is 38.8 Å². The molecule has 0 unspecified atom stereocenters. The first-order valence-electron chi connectivity index (χ1n) is 11.7. The summed E-state index contributed by atoms with van der Waals surface area (Å²) in [4.78, 5) is 18.4. The summed E-state index contributed by atoms with van der Waals surface area (Å²) in [6.07, 6.45) is -3.91. The van der Waals surface area contributed by atoms with E-state index in [0.29, 0.717) is 23.6 Å². The number of carbonyl (C=O) groups is 1. The monoisotopic (exact) mass is 531 g/mol. The first-order valence-corrected chi connectivity index (χ1v) is 12.1. The molecule has 0 saturated heterocycles. The molecule has 0 radical (unpaired) electrons. The van der Waals surface area contributed by atoms with Gasteiger partial charge < -0.3 is 11.1 Å². The molecule has 196 valence electrons. The van der Waals surface area contributed by atoms with Gasteiger partial charge in [-0.1, -0.05) is 35.9 Å². The quantitative estimate of drug-likeness (QED) is 0.221. The Balaban J connectivity index is 1.80. The molecule has 1 aliphatic carbocycles. The second kappa shape index (κ2) is 12.1. The second-order valence-corrected chi connectivity index (χ2v) is 9.30. The molecule has 6 nitrogen and oxygen atoms in total. The summed E-state index contributed by atoms with van der Waals surface area (Å²) in [6.45, 7) is 5.21. The Morgan fingerprint density at radius 3 is 2.57 bits per heavy atom. The molecule has 3 rings (SSSR count). The Bertz CT molecular complexity index is 1240. The molecule has 10 heteroatoms. The van der Waals surface area contributed by atoms with Crippen molar-refractivity contribution in [3.63, 3.8) is 0 Å². The lowest BCUT2D eigenvalue weighted by molar-refractivity contribution is -0.135. The van der Waals surface area contributed by atoms with Gasteiger partial charge in [0.15, 0.2) is 0 Å². The Hall–Kier alpha value is -3.59. The zero-order valence-corrected chi connectivity index (χ0v) is 21.2. The molecular formula is C27H29ClF3N5O. The number of halogens is 4. The molecular weight excluding hydrogens is 503 g/mol. The highest BCUT2D eigenvalue weighted by Gasteiger charge is 2.31. The van der Waals surface area contributed by atoms with Crippen LogP contribution >= 0.6 is 11.6 Å². The number of nitrogens with zero attached hydrogens (tertiary/aromatic N) is 2. The van der Waals surface area contributed by atoms with Crippen molar-refractivity contribution in [2.75, 3.05) is 13.1 Å². The number of benzene rings is 2. The van der Waals surface area contributed by atoms with Crippen LogP contribution in [0.5, 0.6) is 0 Å². The Morgan fingerprint density at radius 2 is 1.92 bits per heavy atom. The van der Waals surface area contributed by atoms with E-state index in [-0.39, 0.29) is 17.9 Å². The summed E-state index contributed by atoms with van der Waals surface area (Å²) in [7, 11) is 0. The first-order chi connectivity index (χ1) is 17.4. The summed E-state index contributed by atoms with van der Waals surface area (Å²) < 4.78 is 38.8. The number of aliphatic imine (C=N–C) groups is 1. The fourth-order valence-corrected chi connectivity index (χ4v) is 4.00. The third-order valence-electron chi connectivity index (χ3n) is 5.83. The Kier molecular flexibility index (Phi) is 9.15. The van der Waals surface area contributed by atoms with Crippen molar-refractivity contribution >= 4 is 34.9 Å². The first kappa shape index (κ1) is 28.0. The van der Waals surface area contributed by atoms with Crippen molar-refractivity contribution in [1.29, 1.82) is 5.41 Å². The van der Waals surface area contributed by atoms with Gasteiger partial charge in [0.25, 0.3) is 0 Å². The van der Waals surface area contributed by atoms with Crippen molar-refractivity contribution in [3.8, 4) is 0 Å². The topological polar surface area (TPSA) is 94.6 Å². The minimum atomic E-state index is -4.49. The van der Waals surface area contributed by atoms with Crippen molar-refractivity contribution in [3.05, 3.63) is 88.1 Å². The van der Waals surface area contributed by atoms with Gasteiger partial charge in [-0.05, 0) is 67.3 Å². The molecule has 2 aromatic carbocycles. The van der Waals surface area contributed by atoms with E-state index in [1.807, 2.05) is 31.2 Å². The zero-order chi connectivity index (χ0) is 27.2. The third kappa shape index (κ3) is 8.21. The smallest absolute Gasteiger partial charge is 0.390 e. The van der Waals surface area contributed by atoms with E-state index in [9.17, 15) is 18.0 Å². The van der Waals surface area contributed by atoms with Crippen LogP contribution in [0.2, 0.25) is 5.02 Å². The average Bonchev–Trinajstić information content (AvgIpc) is 2.82. The highest BCUT2D eigenvalue weighted by atomic mass is 35.5. The maximum atomic E-state index is 12.9. The van der Waals surface area contributed by atoms with E-state index in [1.54, 1.807) is 0 Å². The van der Waals surface area contributed by atoms with Gasteiger partial charge in [-0.25, -0.2) is 4.79 Å². The van der Waals surface area contributed by atoms with Crippen molar-refractivity contribution in [1.82, 2.24) is 10.2 Å². The average molecular weight is 532 g/mol. The number of rotatable bonds is 6. The van der Waals surface area contributed by atoms with Crippen LogP contribution in [0.25, 0.3) is 0 Å². The van der Waals surface area contributed by atoms with E-state index in [1.165, 1.54) is 24.3 Å². The molecule has 1 fully saturated rings. The molecule has 37 heavy (non-hydrogen) atoms. The van der Waals surface area contributed by atoms with Crippen LogP contribution in [-0.2, 0) is 0 Å². The predicted molar refractivity (Wildman–Crippen MR) is 142 cm³/mol. The minimum absolute atomic E-state index is 0.107. The predicted octanol–water partition coefficient (Wildman–Crippen LogP) is 6.66. The highest BCUT2D eigenvalue weighted by Crippen LogP contribution is 2.28. The molecule has 0 bridgehead atoms. The standard InChI is InChI=1S/C27H29ClF3N5O/c1-17-4-3-5-21(14-17)35-24-15-18(2)6-11-22(24)23(32)16-34-26(37)36(13-12-27(29,30)31)25(33)19-7-9-20(28)10-8-19/h3-5,7-10,14,33H,2,6,11-13,15-16,32H2,1H3,(H,34,37)/b23-22-,33-25?,35-24?. The van der Waals surface area contributed by atoms with Crippen LogP contribution in [-0.4, -0.2) is 41.7 Å². The normalized spacial score (nSPS) is 16.5. The summed E-state index contributed by atoms with van der Waals surface area (Å²) >= 11 is 5.87. The van der Waals surface area contributed by atoms with Crippen molar-refractivity contribution < 1.29 is 18.0 Å². The SMILES string of the molecule is C=C1CC/C(=C(/N)CNC(=O)N(CCC(F)(F)F)C(=N)c2ccc(Cl)cc2)C(=Nc2cccc(C)c2)C1. The Labute approximate surface area is 219 Å². The second-order valence-electron chi connectivity index (χ2n) is 8.86. The molecule has 2 amide bonds. The summed E-state index contributed by atoms with van der Waals surface area (Å²) in [5.41, 5.74) is 11.3. The summed E-state index contributed by atoms with van der Waals surface area (Å²) in [6, 6.07) is 12.8. The van der Waals surface area contributed by atoms with Crippen molar-refractivity contribution in [2.24, 2.45) is 10.7 Å². The van der Waals surface area contributed by atoms with Gasteiger partial charge in [0.05, 0.1) is 24.4 Å². The number of amides is 2. The number of hydrogen-bond donors (Lipinski definition) is 3. The molecule has 1 aliphatic rings. The summed E-state index contributed by atoms with van der Waals surface area (Å²) in [5.74, 6) is -0.375. The number of amidine groups is 1. The van der Waals surface area contributed by atoms with Gasteiger partial charge in [-0.15, -0.1) is 0 Å². The zero-order valence-electron chi connectivity index (χ0n) is 20.5. The van der Waals surface area contributed by atoms with Gasteiger partial charge >= 0.3 is 12.2 Å². The minimum Gasteiger partial charge on any atom is -0.400 e. The van der Waals surface area contributed by atoms with E-state index in [4.69, 9.17) is 27.7 Å². The number of aryl methyl sites for hydroxylation is 1. The van der Waals surface area contributed by atoms with Gasteiger partial charge in [-0.2, -0.15) is 13.2 Å². The van der Waals surface area contributed by atoms with Gasteiger partial charge in [-0.3, -0.25) is 15.3 Å². The van der Waals surface area contributed by atoms with E-state index < -0.39 is 25.2 Å². The number of carbonyl (C=O) groups excluding carboxylic acids is 1. The molecule has 2 aromatic rings. The van der Waals surface area contributed by atoms with Crippen LogP contribution in [0, 0.1) is 12.3 Å². The number of allylic oxidation sites excluding steroid dienone is 2. The number of nitrogens with one attached hydrogen (secondary N) is 2. The van der Waals surface area contributed by atoms with Crippen LogP contribution < -0.4 is 11.1 Å². The number of alkyl halides is 3. The van der Waals surface area contributed by atoms with Gasteiger partial charge in [0.1, 0.15) is 5.84 Å². The fraction of sp³-hybridized carbons (Fsp3) is 0.296. The molecule has 0 heterocycles. The molecule has 1 saturated carbocycles. The largest absolute Gasteiger partial charge is 0.400 e. The van der Waals surface area contributed by atoms with E-state index in [2.05, 4.69) is 11.9 Å². The fourth-order valence-electron chi connectivity index (χ4n) is 3.87. The third-order valence-corrected chi connectivity index (χ3v) is 6.08. The molecule has 4 N–H and O–H groups in total. The van der Waals surface area contributed by atoms with Crippen LogP contribution in [0.1, 0.15) is 36.8 Å². The van der Waals surface area contributed by atoms with E-state index >= 15 is 0 Å². The van der Waals surface area contributed by atoms with Gasteiger partial charge in [0, 0.05) is 29.2 Å². The lowest BCUT2D eigenvalue weighted by Gasteiger charge is -2.25. The number of nitrogens with two attached hydrogens (primary N) is 1. The van der Waals surface area contributed by atoms with Crippen LogP contribution in [0.15, 0.2) is 76.9 Å². The van der Waals surface area contributed by atoms with E-state index in [0.717, 1.165) is 39.4 Å². The number of urea groups is 1. The highest BCUT2D eigenvalue weighted by molar-refractivity contribution is 6.30. The maximum Gasteiger partial charge on any atom is 0.390 e. The summed E-state index contributed by atoms with van der Waals surface area (Å²) in [5, 5.41) is 11.3. The van der Waals surface area contributed by atoms with Crippen LogP contribution in [0.3, 0.4) is 0 Å².